The van der Waals surface area contributed by atoms with Gasteiger partial charge < -0.3 is 0 Å². The predicted molar refractivity (Wildman–Crippen MR) is 53.7 cm³/mol. The molecule has 0 aromatic rings. The number of ketones is 1. The minimum absolute atomic E-state index is 0.423. The number of hydrogen-bond donors (Lipinski definition) is 0. The standard InChI is InChI=1S/C10H19ClO/c1-2-3-7-10(12)8-5-4-6-9-11/h2-9H2,1H3. The van der Waals surface area contributed by atoms with Gasteiger partial charge in [0.2, 0.25) is 0 Å². The molecule has 0 aliphatic heterocycles. The van der Waals surface area contributed by atoms with Crippen molar-refractivity contribution >= 4 is 17.4 Å². The molecule has 0 rings (SSSR count). The lowest BCUT2D eigenvalue weighted by atomic mass is 10.1. The van der Waals surface area contributed by atoms with E-state index in [0.29, 0.717) is 5.78 Å². The van der Waals surface area contributed by atoms with Crippen LogP contribution in [-0.2, 0) is 4.79 Å². The summed E-state index contributed by atoms with van der Waals surface area (Å²) in [6.07, 6.45) is 6.87. The van der Waals surface area contributed by atoms with Gasteiger partial charge in [0, 0.05) is 18.7 Å². The Labute approximate surface area is 80.5 Å². The van der Waals surface area contributed by atoms with Crippen molar-refractivity contribution in [2.75, 3.05) is 5.88 Å². The van der Waals surface area contributed by atoms with Crippen LogP contribution in [0.15, 0.2) is 0 Å². The van der Waals surface area contributed by atoms with Gasteiger partial charge in [-0.3, -0.25) is 4.79 Å². The fourth-order valence-electron chi connectivity index (χ4n) is 1.09. The van der Waals surface area contributed by atoms with E-state index >= 15 is 0 Å². The molecule has 0 fully saturated rings. The monoisotopic (exact) mass is 190 g/mol. The molecule has 0 aromatic heterocycles. The fourth-order valence-corrected chi connectivity index (χ4v) is 1.28. The average molecular weight is 191 g/mol. The van der Waals surface area contributed by atoms with Gasteiger partial charge in [0.15, 0.2) is 0 Å². The Morgan fingerprint density at radius 2 is 1.75 bits per heavy atom. The molecule has 12 heavy (non-hydrogen) atoms. The second kappa shape index (κ2) is 9.05. The third-order valence-electron chi connectivity index (χ3n) is 1.90. The van der Waals surface area contributed by atoms with Crippen molar-refractivity contribution in [2.45, 2.75) is 51.9 Å². The normalized spacial score (nSPS) is 10.2. The van der Waals surface area contributed by atoms with E-state index in [0.717, 1.165) is 50.8 Å². The molecule has 0 saturated heterocycles. The first-order chi connectivity index (χ1) is 5.81. The van der Waals surface area contributed by atoms with Crippen molar-refractivity contribution in [1.82, 2.24) is 0 Å². The van der Waals surface area contributed by atoms with Crippen molar-refractivity contribution in [3.05, 3.63) is 0 Å². The quantitative estimate of drug-likeness (QED) is 0.423. The summed E-state index contributed by atoms with van der Waals surface area (Å²) < 4.78 is 0. The summed E-state index contributed by atoms with van der Waals surface area (Å²) in [7, 11) is 0. The maximum absolute atomic E-state index is 11.1. The molecule has 0 heterocycles. The second-order valence-corrected chi connectivity index (χ2v) is 3.52. The predicted octanol–water partition coefficient (Wildman–Crippen LogP) is 3.54. The van der Waals surface area contributed by atoms with Crippen molar-refractivity contribution in [1.29, 1.82) is 0 Å². The number of halogens is 1. The molecular weight excluding hydrogens is 172 g/mol. The lowest BCUT2D eigenvalue weighted by molar-refractivity contribution is -0.119. The Bertz CT molecular complexity index is 112. The molecule has 0 bridgehead atoms. The number of rotatable bonds is 8. The Morgan fingerprint density at radius 1 is 1.08 bits per heavy atom. The summed E-state index contributed by atoms with van der Waals surface area (Å²) >= 11 is 5.52. The maximum Gasteiger partial charge on any atom is 0.132 e. The first-order valence-corrected chi connectivity index (χ1v) is 5.42. The van der Waals surface area contributed by atoms with Gasteiger partial charge in [-0.2, -0.15) is 0 Å². The van der Waals surface area contributed by atoms with Gasteiger partial charge >= 0.3 is 0 Å². The summed E-state index contributed by atoms with van der Waals surface area (Å²) in [6.45, 7) is 2.11. The van der Waals surface area contributed by atoms with Crippen LogP contribution in [0.5, 0.6) is 0 Å². The highest BCUT2D eigenvalue weighted by atomic mass is 35.5. The highest BCUT2D eigenvalue weighted by Gasteiger charge is 1.99. The van der Waals surface area contributed by atoms with Gasteiger partial charge in [-0.05, 0) is 19.3 Å². The van der Waals surface area contributed by atoms with Crippen LogP contribution in [0.25, 0.3) is 0 Å². The molecule has 0 aromatic carbocycles. The van der Waals surface area contributed by atoms with Gasteiger partial charge in [0.1, 0.15) is 5.78 Å². The maximum atomic E-state index is 11.1. The molecule has 0 N–H and O–H groups in total. The Morgan fingerprint density at radius 3 is 2.33 bits per heavy atom. The highest BCUT2D eigenvalue weighted by Crippen LogP contribution is 2.05. The Balaban J connectivity index is 3.08. The van der Waals surface area contributed by atoms with Gasteiger partial charge in [-0.15, -0.1) is 11.6 Å². The van der Waals surface area contributed by atoms with Crippen molar-refractivity contribution in [3.63, 3.8) is 0 Å². The van der Waals surface area contributed by atoms with Crippen molar-refractivity contribution in [2.24, 2.45) is 0 Å². The van der Waals surface area contributed by atoms with Crippen LogP contribution in [0.1, 0.15) is 51.9 Å². The molecule has 0 aliphatic carbocycles. The lowest BCUT2D eigenvalue weighted by Crippen LogP contribution is -1.96. The number of alkyl halides is 1. The third-order valence-corrected chi connectivity index (χ3v) is 2.17. The molecular formula is C10H19ClO. The molecule has 0 aliphatic rings. The molecule has 0 saturated carbocycles. The topological polar surface area (TPSA) is 17.1 Å². The smallest absolute Gasteiger partial charge is 0.132 e. The van der Waals surface area contributed by atoms with Crippen molar-refractivity contribution in [3.8, 4) is 0 Å². The molecule has 0 unspecified atom stereocenters. The van der Waals surface area contributed by atoms with E-state index in [-0.39, 0.29) is 0 Å². The first-order valence-electron chi connectivity index (χ1n) is 4.89. The number of carbonyl (C=O) groups is 1. The minimum Gasteiger partial charge on any atom is -0.300 e. The van der Waals surface area contributed by atoms with E-state index in [9.17, 15) is 4.79 Å². The molecule has 0 amide bonds. The zero-order valence-electron chi connectivity index (χ0n) is 7.94. The van der Waals surface area contributed by atoms with Gasteiger partial charge in [-0.1, -0.05) is 19.8 Å². The van der Waals surface area contributed by atoms with Gasteiger partial charge in [-0.25, -0.2) is 0 Å². The molecule has 2 heteroatoms. The summed E-state index contributed by atoms with van der Waals surface area (Å²) in [5, 5.41) is 0. The zero-order chi connectivity index (χ0) is 9.23. The van der Waals surface area contributed by atoms with Crippen LogP contribution >= 0.6 is 11.6 Å². The molecule has 0 spiro atoms. The summed E-state index contributed by atoms with van der Waals surface area (Å²) in [5.74, 6) is 1.15. The van der Waals surface area contributed by atoms with Crippen LogP contribution in [0.3, 0.4) is 0 Å². The van der Waals surface area contributed by atoms with Crippen LogP contribution in [0.4, 0.5) is 0 Å². The van der Waals surface area contributed by atoms with Crippen molar-refractivity contribution < 1.29 is 4.79 Å². The third kappa shape index (κ3) is 8.06. The number of unbranched alkanes of at least 4 members (excludes halogenated alkanes) is 3. The van der Waals surface area contributed by atoms with Crippen LogP contribution in [-0.4, -0.2) is 11.7 Å². The summed E-state index contributed by atoms with van der Waals surface area (Å²) in [5.41, 5.74) is 0. The Hall–Kier alpha value is -0.0400. The van der Waals surface area contributed by atoms with Crippen LogP contribution in [0, 0.1) is 0 Å². The number of Topliss-reactive ketones (excluding diaryl/α,β-unsaturated/α-hetero) is 1. The number of hydrogen-bond acceptors (Lipinski definition) is 1. The average Bonchev–Trinajstić information content (AvgIpc) is 2.09. The molecule has 0 atom stereocenters. The van der Waals surface area contributed by atoms with E-state index in [2.05, 4.69) is 6.92 Å². The molecule has 0 radical (unpaired) electrons. The first kappa shape index (κ1) is 12.0. The largest absolute Gasteiger partial charge is 0.300 e. The van der Waals surface area contributed by atoms with E-state index in [1.165, 1.54) is 0 Å². The summed E-state index contributed by atoms with van der Waals surface area (Å²) in [6, 6.07) is 0. The second-order valence-electron chi connectivity index (χ2n) is 3.14. The van der Waals surface area contributed by atoms with Gasteiger partial charge in [0.25, 0.3) is 0 Å². The van der Waals surface area contributed by atoms with E-state index in [1.54, 1.807) is 0 Å². The van der Waals surface area contributed by atoms with E-state index in [4.69, 9.17) is 11.6 Å². The molecule has 1 nitrogen and oxygen atoms in total. The SMILES string of the molecule is CCCCC(=O)CCCCCCl. The lowest BCUT2D eigenvalue weighted by Gasteiger charge is -1.98. The number of carbonyl (C=O) groups excluding carboxylic acids is 1. The fraction of sp³-hybridized carbons (Fsp3) is 0.900. The molecule has 72 valence electrons. The summed E-state index contributed by atoms with van der Waals surface area (Å²) in [4.78, 5) is 11.1. The zero-order valence-corrected chi connectivity index (χ0v) is 8.70. The minimum atomic E-state index is 0.423. The van der Waals surface area contributed by atoms with Crippen LogP contribution in [0.2, 0.25) is 0 Å². The van der Waals surface area contributed by atoms with E-state index < -0.39 is 0 Å². The van der Waals surface area contributed by atoms with E-state index in [1.807, 2.05) is 0 Å². The Kier molecular flexibility index (Phi) is 9.02. The van der Waals surface area contributed by atoms with Crippen LogP contribution < -0.4 is 0 Å². The van der Waals surface area contributed by atoms with Gasteiger partial charge in [0.05, 0.1) is 0 Å². The highest BCUT2D eigenvalue weighted by molar-refractivity contribution is 6.17.